The van der Waals surface area contributed by atoms with Gasteiger partial charge in [0, 0.05) is 28.5 Å². The Morgan fingerprint density at radius 3 is 2.66 bits per heavy atom. The number of hydrogen-bond acceptors (Lipinski definition) is 4. The first-order valence-corrected chi connectivity index (χ1v) is 14.3. The Balaban J connectivity index is 0.00000276. The predicted octanol–water partition coefficient (Wildman–Crippen LogP) is 7.91. The van der Waals surface area contributed by atoms with Crippen LogP contribution in [0.3, 0.4) is 0 Å². The third kappa shape index (κ3) is 4.00. The van der Waals surface area contributed by atoms with E-state index < -0.39 is 0 Å². The third-order valence-corrected chi connectivity index (χ3v) is 8.97. The molecule has 6 heteroatoms. The van der Waals surface area contributed by atoms with E-state index in [2.05, 4.69) is 80.8 Å². The normalized spacial score (nSPS) is 20.1. The second-order valence-electron chi connectivity index (χ2n) is 12.1. The van der Waals surface area contributed by atoms with Crippen LogP contribution in [0, 0.1) is 26.0 Å². The summed E-state index contributed by atoms with van der Waals surface area (Å²) in [6.07, 6.45) is 6.67. The first-order chi connectivity index (χ1) is 19.4. The number of nitrogens with zero attached hydrogens (tertiary/aromatic N) is 3. The van der Waals surface area contributed by atoms with Crippen molar-refractivity contribution < 1.29 is 30.5 Å². The molecular formula is C35H31N3O2Pt. The van der Waals surface area contributed by atoms with Gasteiger partial charge in [-0.1, -0.05) is 75.7 Å². The van der Waals surface area contributed by atoms with E-state index in [4.69, 9.17) is 19.5 Å². The van der Waals surface area contributed by atoms with Crippen molar-refractivity contribution in [1.29, 1.82) is 0 Å². The van der Waals surface area contributed by atoms with Crippen molar-refractivity contribution in [1.82, 2.24) is 9.55 Å². The van der Waals surface area contributed by atoms with E-state index in [0.717, 1.165) is 46.3 Å². The zero-order valence-corrected chi connectivity index (χ0v) is 25.9. The summed E-state index contributed by atoms with van der Waals surface area (Å²) in [5.41, 5.74) is 8.41. The van der Waals surface area contributed by atoms with E-state index in [-0.39, 0.29) is 38.6 Å². The number of fused-ring (bicyclic) bond motifs is 6. The van der Waals surface area contributed by atoms with Gasteiger partial charge in [-0.15, -0.1) is 28.8 Å². The molecule has 0 spiro atoms. The van der Waals surface area contributed by atoms with Gasteiger partial charge in [0.05, 0.1) is 11.6 Å². The van der Waals surface area contributed by atoms with Gasteiger partial charge in [0.2, 0.25) is 0 Å². The van der Waals surface area contributed by atoms with Crippen molar-refractivity contribution in [2.75, 3.05) is 0 Å². The van der Waals surface area contributed by atoms with Crippen LogP contribution in [-0.2, 0) is 31.2 Å². The van der Waals surface area contributed by atoms with Crippen LogP contribution < -0.4 is 4.74 Å². The van der Waals surface area contributed by atoms with E-state index in [9.17, 15) is 0 Å². The van der Waals surface area contributed by atoms with Gasteiger partial charge in [-0.2, -0.15) is 6.07 Å². The molecular weight excluding hydrogens is 689 g/mol. The Kier molecular flexibility index (Phi) is 6.17. The molecule has 5 nitrogen and oxygen atoms in total. The number of aryl methyl sites for hydroxylation is 2. The summed E-state index contributed by atoms with van der Waals surface area (Å²) in [5.74, 6) is 2.03. The van der Waals surface area contributed by atoms with Crippen LogP contribution in [0.2, 0.25) is 0 Å². The molecule has 0 radical (unpaired) electrons. The molecule has 41 heavy (non-hydrogen) atoms. The third-order valence-electron chi connectivity index (χ3n) is 8.97. The van der Waals surface area contributed by atoms with Crippen molar-refractivity contribution in [3.05, 3.63) is 94.7 Å². The first-order valence-electron chi connectivity index (χ1n) is 14.3. The van der Waals surface area contributed by atoms with Gasteiger partial charge in [-0.05, 0) is 42.4 Å². The Morgan fingerprint density at radius 2 is 1.80 bits per heavy atom. The zero-order chi connectivity index (χ0) is 27.2. The molecule has 2 aromatic heterocycles. The second-order valence-corrected chi connectivity index (χ2v) is 12.1. The summed E-state index contributed by atoms with van der Waals surface area (Å²) in [7, 11) is 0. The molecule has 2 aliphatic heterocycles. The molecule has 8 rings (SSSR count). The Hall–Kier alpha value is -3.43. The number of rotatable bonds is 3. The number of aromatic nitrogens is 2. The minimum atomic E-state index is -0.198. The summed E-state index contributed by atoms with van der Waals surface area (Å²) in [4.78, 5) is 9.73. The molecule has 5 aromatic rings. The molecule has 1 aliphatic carbocycles. The quantitative estimate of drug-likeness (QED) is 0.178. The van der Waals surface area contributed by atoms with E-state index in [0.29, 0.717) is 17.4 Å². The molecule has 2 atom stereocenters. The molecule has 3 aliphatic rings. The molecule has 1 fully saturated rings. The number of hydrogen-bond donors (Lipinski definition) is 0. The molecule has 4 heterocycles. The van der Waals surface area contributed by atoms with Crippen molar-refractivity contribution in [2.24, 2.45) is 4.99 Å². The van der Waals surface area contributed by atoms with Crippen molar-refractivity contribution in [3.8, 4) is 17.2 Å². The van der Waals surface area contributed by atoms with Gasteiger partial charge in [0.25, 0.3) is 0 Å². The summed E-state index contributed by atoms with van der Waals surface area (Å²) in [6, 6.07) is 24.5. The molecule has 0 amide bonds. The van der Waals surface area contributed by atoms with Gasteiger partial charge < -0.3 is 14.0 Å². The fourth-order valence-corrected chi connectivity index (χ4v) is 6.92. The number of benzene rings is 3. The fourth-order valence-electron chi connectivity index (χ4n) is 6.92. The minimum Gasteiger partial charge on any atom is -0.515 e. The largest absolute Gasteiger partial charge is 2.00 e. The maximum Gasteiger partial charge on any atom is 2.00 e. The molecule has 1 saturated carbocycles. The van der Waals surface area contributed by atoms with Crippen molar-refractivity contribution >= 4 is 27.8 Å². The van der Waals surface area contributed by atoms with Gasteiger partial charge in [-0.3, -0.25) is 4.99 Å². The summed E-state index contributed by atoms with van der Waals surface area (Å²) in [5, 5.41) is 2.36. The summed E-state index contributed by atoms with van der Waals surface area (Å²) in [6.45, 7) is 8.76. The summed E-state index contributed by atoms with van der Waals surface area (Å²) < 4.78 is 15.1. The van der Waals surface area contributed by atoms with Crippen LogP contribution in [-0.4, -0.2) is 27.6 Å². The van der Waals surface area contributed by atoms with Crippen LogP contribution in [0.25, 0.3) is 27.6 Å². The average Bonchev–Trinajstić information content (AvgIpc) is 3.53. The number of para-hydroxylation sites is 1. The molecule has 0 unspecified atom stereocenters. The number of ether oxygens (including phenoxy) is 2. The van der Waals surface area contributed by atoms with Crippen LogP contribution >= 0.6 is 0 Å². The molecule has 3 aromatic carbocycles. The van der Waals surface area contributed by atoms with Gasteiger partial charge in [0.15, 0.2) is 0 Å². The van der Waals surface area contributed by atoms with Crippen LogP contribution in [0.4, 0.5) is 0 Å². The first kappa shape index (κ1) is 26.5. The van der Waals surface area contributed by atoms with E-state index in [1.54, 1.807) is 0 Å². The SMILES string of the molecule is Cc1cc(Oc2[c-]c3c(cc2C)C(C)(C)c2cccc4c5cccnc5n-3c24)[c-]c(C2=N[C@H]3CCCC[C@@H]3O2)c1.[Pt+2]. The molecule has 0 bridgehead atoms. The van der Waals surface area contributed by atoms with E-state index in [1.165, 1.54) is 34.9 Å². The topological polar surface area (TPSA) is 48.6 Å². The number of aliphatic imine (C=N–C) groups is 1. The molecule has 208 valence electrons. The molecule has 0 N–H and O–H groups in total. The van der Waals surface area contributed by atoms with Crippen molar-refractivity contribution in [2.45, 2.75) is 70.9 Å². The van der Waals surface area contributed by atoms with Gasteiger partial charge in [-0.25, -0.2) is 4.98 Å². The Bertz CT molecular complexity index is 1890. The van der Waals surface area contributed by atoms with Crippen LogP contribution in [0.1, 0.15) is 67.3 Å². The Morgan fingerprint density at radius 1 is 0.976 bits per heavy atom. The zero-order valence-electron chi connectivity index (χ0n) is 23.7. The maximum atomic E-state index is 6.56. The maximum absolute atomic E-state index is 6.56. The van der Waals surface area contributed by atoms with E-state index in [1.807, 2.05) is 18.3 Å². The van der Waals surface area contributed by atoms with Crippen LogP contribution in [0.15, 0.2) is 59.7 Å². The van der Waals surface area contributed by atoms with E-state index >= 15 is 0 Å². The number of pyridine rings is 1. The monoisotopic (exact) mass is 720 g/mol. The minimum absolute atomic E-state index is 0. The predicted molar refractivity (Wildman–Crippen MR) is 158 cm³/mol. The van der Waals surface area contributed by atoms with Gasteiger partial charge in [0.1, 0.15) is 17.6 Å². The van der Waals surface area contributed by atoms with Gasteiger partial charge >= 0.3 is 21.1 Å². The van der Waals surface area contributed by atoms with Crippen molar-refractivity contribution in [3.63, 3.8) is 0 Å². The summed E-state index contributed by atoms with van der Waals surface area (Å²) >= 11 is 0. The second kappa shape index (κ2) is 9.56. The molecule has 0 saturated heterocycles. The standard InChI is InChI=1S/C35H31N3O2.Pt/c1-20-15-22(34-37-28-12-5-6-13-30(28)40-34)18-23(16-20)39-31-19-29-27(17-21(31)2)35(3,4)26-11-7-9-24-25-10-8-14-36-33(25)38(29)32(24)26;/h7-11,14-17,28,30H,5-6,12-13H2,1-4H3;/q-2;+2/t28-,30-;/m0./s1. The Labute approximate surface area is 254 Å². The average molecular weight is 721 g/mol. The smallest absolute Gasteiger partial charge is 0.515 e. The fraction of sp³-hybridized carbons (Fsp3) is 0.314. The van der Waals surface area contributed by atoms with Crippen LogP contribution in [0.5, 0.6) is 11.5 Å².